The van der Waals surface area contributed by atoms with Crippen molar-refractivity contribution in [2.75, 3.05) is 45.9 Å². The van der Waals surface area contributed by atoms with Crippen molar-refractivity contribution in [2.45, 2.75) is 66.2 Å². The lowest BCUT2D eigenvalue weighted by molar-refractivity contribution is 0.0154. The van der Waals surface area contributed by atoms with Crippen LogP contribution in [0.15, 0.2) is 33.4 Å². The molecule has 0 unspecified atom stereocenters. The van der Waals surface area contributed by atoms with Gasteiger partial charge in [0.25, 0.3) is 0 Å². The summed E-state index contributed by atoms with van der Waals surface area (Å²) in [4.78, 5) is 48.5. The van der Waals surface area contributed by atoms with E-state index in [4.69, 9.17) is 18.6 Å². The van der Waals surface area contributed by atoms with Crippen LogP contribution >= 0.6 is 15.9 Å². The van der Waals surface area contributed by atoms with Crippen LogP contribution in [0, 0.1) is 0 Å². The van der Waals surface area contributed by atoms with Gasteiger partial charge in [0.15, 0.2) is 4.67 Å². The van der Waals surface area contributed by atoms with Gasteiger partial charge in [-0.1, -0.05) is 0 Å². The third-order valence-electron chi connectivity index (χ3n) is 5.92. The largest absolute Gasteiger partial charge is 0.461 e. The van der Waals surface area contributed by atoms with Gasteiger partial charge in [-0.05, 0) is 88.7 Å². The van der Waals surface area contributed by atoms with E-state index in [9.17, 15) is 14.4 Å². The van der Waals surface area contributed by atoms with Gasteiger partial charge in [0.1, 0.15) is 22.7 Å². The lowest BCUT2D eigenvalue weighted by Gasteiger charge is -2.30. The van der Waals surface area contributed by atoms with Crippen molar-refractivity contribution in [2.24, 2.45) is 0 Å². The van der Waals surface area contributed by atoms with E-state index in [1.54, 1.807) is 34.9 Å². The summed E-state index contributed by atoms with van der Waals surface area (Å²) in [5, 5.41) is 0. The topological polar surface area (TPSA) is 115 Å². The zero-order chi connectivity index (χ0) is 30.4. The number of hydrogen-bond donors (Lipinski definition) is 0. The summed E-state index contributed by atoms with van der Waals surface area (Å²) in [5.74, 6) is 0.0423. The van der Waals surface area contributed by atoms with Gasteiger partial charge in [0.05, 0.1) is 12.3 Å². The van der Waals surface area contributed by atoms with Crippen molar-refractivity contribution in [1.29, 1.82) is 0 Å². The third-order valence-corrected chi connectivity index (χ3v) is 6.35. The number of carbonyl (C=O) groups excluding carboxylic acids is 3. The van der Waals surface area contributed by atoms with Crippen molar-refractivity contribution >= 4 is 34.1 Å². The SMILES string of the molecule is CCOC(=O)c1cc(-c2ccc(Br)o2)cc(CN2CCN(C(=O)OC(C)(C)C)CCN(C(=O)OC(C)(C)C)CC2)n1. The van der Waals surface area contributed by atoms with E-state index in [1.807, 2.05) is 47.6 Å². The Morgan fingerprint density at radius 3 is 1.88 bits per heavy atom. The molecule has 0 radical (unpaired) electrons. The number of ether oxygens (including phenoxy) is 3. The molecule has 0 spiro atoms. The van der Waals surface area contributed by atoms with Crippen molar-refractivity contribution in [1.82, 2.24) is 19.7 Å². The second-order valence-corrected chi connectivity index (χ2v) is 12.5. The highest BCUT2D eigenvalue weighted by atomic mass is 79.9. The van der Waals surface area contributed by atoms with Crippen LogP contribution in [0.4, 0.5) is 9.59 Å². The average Bonchev–Trinajstić information content (AvgIpc) is 3.32. The highest BCUT2D eigenvalue weighted by Gasteiger charge is 2.28. The van der Waals surface area contributed by atoms with Crippen LogP contribution in [-0.2, 0) is 20.8 Å². The first-order valence-corrected chi connectivity index (χ1v) is 14.5. The Morgan fingerprint density at radius 1 is 0.878 bits per heavy atom. The van der Waals surface area contributed by atoms with Crippen LogP contribution in [0.2, 0.25) is 0 Å². The maximum atomic E-state index is 13.0. The molecular formula is C29H41BrN4O7. The van der Waals surface area contributed by atoms with E-state index in [2.05, 4.69) is 25.8 Å². The molecule has 0 aliphatic carbocycles. The van der Waals surface area contributed by atoms with Crippen LogP contribution in [0.3, 0.4) is 0 Å². The third kappa shape index (κ3) is 10.3. The predicted molar refractivity (Wildman–Crippen MR) is 156 cm³/mol. The average molecular weight is 638 g/mol. The van der Waals surface area contributed by atoms with Crippen LogP contribution < -0.4 is 0 Å². The Balaban J connectivity index is 1.90. The van der Waals surface area contributed by atoms with Crippen molar-refractivity contribution < 1.29 is 33.0 Å². The number of halogens is 1. The maximum Gasteiger partial charge on any atom is 0.410 e. The molecule has 1 fully saturated rings. The minimum absolute atomic E-state index is 0.168. The molecule has 3 rings (SSSR count). The van der Waals surface area contributed by atoms with E-state index in [-0.39, 0.29) is 12.3 Å². The summed E-state index contributed by atoms with van der Waals surface area (Å²) in [6, 6.07) is 7.07. The van der Waals surface area contributed by atoms with E-state index in [1.165, 1.54) is 0 Å². The van der Waals surface area contributed by atoms with E-state index in [0.717, 1.165) is 0 Å². The molecule has 1 saturated heterocycles. The van der Waals surface area contributed by atoms with E-state index < -0.39 is 29.4 Å². The zero-order valence-electron chi connectivity index (χ0n) is 25.0. The predicted octanol–water partition coefficient (Wildman–Crippen LogP) is 5.57. The molecule has 1 aliphatic heterocycles. The van der Waals surface area contributed by atoms with Crippen LogP contribution in [-0.4, -0.2) is 94.9 Å². The molecule has 0 atom stereocenters. The van der Waals surface area contributed by atoms with Gasteiger partial charge < -0.3 is 28.4 Å². The minimum Gasteiger partial charge on any atom is -0.461 e. The van der Waals surface area contributed by atoms with Gasteiger partial charge in [-0.2, -0.15) is 0 Å². The molecule has 41 heavy (non-hydrogen) atoms. The summed E-state index contributed by atoms with van der Waals surface area (Å²) in [7, 11) is 0. The standard InChI is InChI=1S/C29H41BrN4O7/c1-8-38-25(35)22-18-20(23-9-10-24(30)39-23)17-21(31-22)19-32-11-13-33(26(36)40-28(2,3)4)15-16-34(14-12-32)27(37)41-29(5,6)7/h9-10,17-18H,8,11-16,19H2,1-7H3. The van der Waals surface area contributed by atoms with Gasteiger partial charge in [-0.25, -0.2) is 19.4 Å². The fourth-order valence-corrected chi connectivity index (χ4v) is 4.40. The first-order chi connectivity index (χ1) is 19.1. The van der Waals surface area contributed by atoms with E-state index >= 15 is 0 Å². The monoisotopic (exact) mass is 636 g/mol. The first kappa shape index (κ1) is 32.4. The summed E-state index contributed by atoms with van der Waals surface area (Å²) >= 11 is 3.33. The molecule has 226 valence electrons. The zero-order valence-corrected chi connectivity index (χ0v) is 26.6. The van der Waals surface area contributed by atoms with Gasteiger partial charge >= 0.3 is 18.2 Å². The second-order valence-electron chi connectivity index (χ2n) is 11.8. The molecule has 12 heteroatoms. The number of nitrogens with zero attached hydrogens (tertiary/aromatic N) is 4. The van der Waals surface area contributed by atoms with Crippen molar-refractivity contribution in [3.63, 3.8) is 0 Å². The van der Waals surface area contributed by atoms with Gasteiger partial charge in [-0.3, -0.25) is 4.90 Å². The first-order valence-electron chi connectivity index (χ1n) is 13.8. The fraction of sp³-hybridized carbons (Fsp3) is 0.586. The van der Waals surface area contributed by atoms with Crippen molar-refractivity contribution in [3.05, 3.63) is 40.3 Å². The summed E-state index contributed by atoms with van der Waals surface area (Å²) in [6.07, 6.45) is -0.895. The maximum absolute atomic E-state index is 13.0. The number of rotatable bonds is 5. The summed E-state index contributed by atoms with van der Waals surface area (Å²) in [6.45, 7) is 15.6. The van der Waals surface area contributed by atoms with E-state index in [0.29, 0.717) is 67.5 Å². The fourth-order valence-electron chi connectivity index (χ4n) is 4.10. The number of furan rings is 1. The quantitative estimate of drug-likeness (QED) is 0.307. The lowest BCUT2D eigenvalue weighted by Crippen LogP contribution is -2.44. The normalized spacial score (nSPS) is 15.5. The Labute approximate surface area is 250 Å². The molecule has 1 aliphatic rings. The highest BCUT2D eigenvalue weighted by molar-refractivity contribution is 9.10. The van der Waals surface area contributed by atoms with Gasteiger partial charge in [-0.15, -0.1) is 0 Å². The number of hydrogen-bond acceptors (Lipinski definition) is 9. The smallest absolute Gasteiger partial charge is 0.410 e. The van der Waals surface area contributed by atoms with Gasteiger partial charge in [0, 0.05) is 51.4 Å². The highest BCUT2D eigenvalue weighted by Crippen LogP contribution is 2.27. The molecule has 0 bridgehead atoms. The van der Waals surface area contributed by atoms with Gasteiger partial charge in [0.2, 0.25) is 0 Å². The number of aromatic nitrogens is 1. The van der Waals surface area contributed by atoms with Crippen LogP contribution in [0.25, 0.3) is 11.3 Å². The Morgan fingerprint density at radius 2 is 1.41 bits per heavy atom. The number of carbonyl (C=O) groups is 3. The summed E-state index contributed by atoms with van der Waals surface area (Å²) in [5.41, 5.74) is 0.148. The molecule has 0 aromatic carbocycles. The molecular weight excluding hydrogens is 596 g/mol. The molecule has 0 saturated carbocycles. The molecule has 2 aromatic heterocycles. The van der Waals surface area contributed by atoms with Crippen LogP contribution in [0.5, 0.6) is 0 Å². The lowest BCUT2D eigenvalue weighted by atomic mass is 10.1. The second kappa shape index (κ2) is 13.7. The Kier molecular flexibility index (Phi) is 10.8. The minimum atomic E-state index is -0.658. The molecule has 11 nitrogen and oxygen atoms in total. The Hall–Kier alpha value is -3.12. The Bertz CT molecular complexity index is 1180. The molecule has 2 aromatic rings. The number of esters is 1. The van der Waals surface area contributed by atoms with Crippen LogP contribution in [0.1, 0.15) is 64.6 Å². The van der Waals surface area contributed by atoms with Crippen molar-refractivity contribution in [3.8, 4) is 11.3 Å². The molecule has 0 N–H and O–H groups in total. The number of pyridine rings is 1. The molecule has 3 heterocycles. The number of amides is 2. The summed E-state index contributed by atoms with van der Waals surface area (Å²) < 4.78 is 22.8. The molecule has 2 amide bonds.